The zero-order valence-electron chi connectivity index (χ0n) is 57.6. The van der Waals surface area contributed by atoms with E-state index in [9.17, 15) is 10.2 Å². The third kappa shape index (κ3) is 14.8. The molecule has 0 radical (unpaired) electrons. The summed E-state index contributed by atoms with van der Waals surface area (Å²) in [6.45, 7) is 43.2. The number of nitrogens with zero attached hydrogens (tertiary/aromatic N) is 2. The topological polar surface area (TPSA) is 75.9 Å². The van der Waals surface area contributed by atoms with Gasteiger partial charge in [0.1, 0.15) is 0 Å². The Morgan fingerprint density at radius 2 is 0.713 bits per heavy atom. The molecule has 0 fully saturated rings. The summed E-state index contributed by atoms with van der Waals surface area (Å²) >= 11 is -0.468. The molecule has 488 valence electrons. The summed E-state index contributed by atoms with van der Waals surface area (Å²) in [5, 5.41) is 33.3. The normalized spacial score (nSPS) is 12.3. The second-order valence-corrected chi connectivity index (χ2v) is 42.8. The molecular formula is C82H92F2GeHfN2O4S2. The minimum Gasteiger partial charge on any atom is -0.199 e. The summed E-state index contributed by atoms with van der Waals surface area (Å²) in [6, 6.07) is 55.6. The van der Waals surface area contributed by atoms with Gasteiger partial charge in [0.15, 0.2) is 0 Å². The number of rotatable bonds is 12. The molecule has 94 heavy (non-hydrogen) atoms. The van der Waals surface area contributed by atoms with Crippen LogP contribution in [0.15, 0.2) is 181 Å². The molecule has 8 aromatic carbocycles. The Morgan fingerprint density at radius 3 is 0.957 bits per heavy atom. The molecule has 4 heterocycles. The molecule has 4 N–H and O–H groups in total. The Kier molecular flexibility index (Phi) is 21.2. The maximum absolute atomic E-state index is 15.6. The molecule has 0 aliphatic rings. The van der Waals surface area contributed by atoms with Gasteiger partial charge >= 0.3 is 374 Å². The van der Waals surface area contributed by atoms with Gasteiger partial charge in [0, 0.05) is 25.8 Å². The van der Waals surface area contributed by atoms with E-state index in [0.717, 1.165) is 54.7 Å². The average Bonchev–Trinajstić information content (AvgIpc) is 1.58. The van der Waals surface area contributed by atoms with E-state index in [-0.39, 0.29) is 68.5 Å². The fourth-order valence-corrected chi connectivity index (χ4v) is 22.3. The van der Waals surface area contributed by atoms with Gasteiger partial charge in [-0.25, -0.2) is 0 Å². The van der Waals surface area contributed by atoms with Crippen LogP contribution in [0.2, 0.25) is 9.50 Å². The Hall–Kier alpha value is -7.03. The SMILES string of the molecule is C[CH](C)[Ge]([CH2][OH+]c1ccc(F)cc1-c1scc(-n2c3ccc(C(C)(C)C)cc3c3cc(C(C)(C)C)ccc32)c1O)([CH2][OH+]c1ccc(F)cc1-c1scc(-n2c3ccc(C(C)(C)C)cc3c3cc(C(C)(C)C)ccc32)c1O)[CH](C)C.[CH2-]c1ccccc1.[CH2-]c1ccccc1.[Hf]. The van der Waals surface area contributed by atoms with Crippen LogP contribution >= 0.6 is 22.7 Å². The second kappa shape index (κ2) is 28.0. The maximum Gasteiger partial charge on any atom is 0 e. The first-order chi connectivity index (χ1) is 43.8. The van der Waals surface area contributed by atoms with E-state index in [0.29, 0.717) is 54.6 Å². The first-order valence-electron chi connectivity index (χ1n) is 32.3. The third-order valence-corrected chi connectivity index (χ3v) is 33.2. The maximum atomic E-state index is 15.6. The van der Waals surface area contributed by atoms with Crippen molar-refractivity contribution >= 4 is 79.6 Å². The van der Waals surface area contributed by atoms with E-state index in [4.69, 9.17) is 9.47 Å². The zero-order chi connectivity index (χ0) is 67.3. The molecule has 0 bridgehead atoms. The van der Waals surface area contributed by atoms with Crippen molar-refractivity contribution in [3.63, 3.8) is 0 Å². The Bertz CT molecular complexity index is 4210. The van der Waals surface area contributed by atoms with Gasteiger partial charge in [0.05, 0.1) is 0 Å². The number of fused-ring (bicyclic) bond motifs is 6. The van der Waals surface area contributed by atoms with Crippen molar-refractivity contribution in [1.82, 2.24) is 9.13 Å². The van der Waals surface area contributed by atoms with Gasteiger partial charge < -0.3 is 0 Å². The number of thiophene rings is 2. The standard InChI is InChI=1S/C68H76F2GeN2O4S2.2C7H7.Hf/c1-39(2)71(40(3)4,37-76-59-27-21-45(69)33-51(59)63-61(74)57(35-78-63)72-53-23-17-41(65(5,6)7)29-47(53)48-30-42(66(8,9)10)18-24-54(48)72)38-77-60-28-22-46(70)34-52(60)64-62(75)58(36-79-64)73-55-25-19-43(67(11,12)13)31-49(55)50-32-44(68(14,15)16)20-26-56(50)73;2*1-7-5-3-2-4-6-7;/h17-36,39-40,74-75H,37-38H2,1-16H3;2*2-6H,1H2;/q;2*-1;/p+2. The molecule has 0 aliphatic heterocycles. The van der Waals surface area contributed by atoms with E-state index >= 15 is 8.78 Å². The minimum absolute atomic E-state index is 0. The van der Waals surface area contributed by atoms with E-state index in [2.05, 4.69) is 207 Å². The monoisotopic (exact) mass is 1520 g/mol. The summed E-state index contributed by atoms with van der Waals surface area (Å²) in [4.78, 5) is 1.10. The van der Waals surface area contributed by atoms with Gasteiger partial charge in [-0.2, -0.15) is 49.2 Å². The molecule has 0 saturated heterocycles. The third-order valence-electron chi connectivity index (χ3n) is 18.4. The molecular weight excluding hydrogens is 1430 g/mol. The Labute approximate surface area is 585 Å². The summed E-state index contributed by atoms with van der Waals surface area (Å²) in [6.07, 6.45) is 0. The van der Waals surface area contributed by atoms with Gasteiger partial charge in [-0.1, -0.05) is 95.2 Å². The number of aromatic hydroxyl groups is 4. The summed E-state index contributed by atoms with van der Waals surface area (Å²) in [5.74, 6) is 0.556. The molecule has 12 rings (SSSR count). The van der Waals surface area contributed by atoms with Crippen molar-refractivity contribution in [3.05, 3.63) is 239 Å². The number of aromatic nitrogens is 2. The first kappa shape index (κ1) is 71.3. The first-order valence-corrected chi connectivity index (χ1v) is 39.4. The average molecular weight is 1520 g/mol. The quantitative estimate of drug-likeness (QED) is 0.0726. The number of ether oxygens (including phenoxy) is 2. The number of halogens is 2. The largest absolute Gasteiger partial charge is 0.199 e. The van der Waals surface area contributed by atoms with Crippen LogP contribution in [-0.2, 0) is 47.5 Å². The second-order valence-electron chi connectivity index (χ2n) is 29.7. The van der Waals surface area contributed by atoms with Crippen molar-refractivity contribution in [2.75, 3.05) is 10.9 Å². The smallest absolute Gasteiger partial charge is 0 e. The molecule has 6 nitrogen and oxygen atoms in total. The summed E-state index contributed by atoms with van der Waals surface area (Å²) in [5.41, 5.74) is 14.2. The van der Waals surface area contributed by atoms with Gasteiger partial charge in [-0.15, -0.1) is 24.3 Å². The Morgan fingerprint density at radius 1 is 0.426 bits per heavy atom. The van der Waals surface area contributed by atoms with Gasteiger partial charge in [-0.3, -0.25) is 0 Å². The van der Waals surface area contributed by atoms with Crippen molar-refractivity contribution in [2.45, 2.75) is 142 Å². The van der Waals surface area contributed by atoms with Crippen LogP contribution in [0.4, 0.5) is 8.78 Å². The fraction of sp³-hybridized carbons (Fsp3) is 0.293. The predicted molar refractivity (Wildman–Crippen MR) is 397 cm³/mol. The Balaban J connectivity index is 0.000000615. The van der Waals surface area contributed by atoms with E-state index in [1.807, 2.05) is 71.4 Å². The van der Waals surface area contributed by atoms with Crippen LogP contribution in [0.5, 0.6) is 23.0 Å². The fourth-order valence-electron chi connectivity index (χ4n) is 12.3. The van der Waals surface area contributed by atoms with Crippen molar-refractivity contribution in [3.8, 4) is 55.3 Å². The van der Waals surface area contributed by atoms with Gasteiger partial charge in [0.2, 0.25) is 0 Å². The van der Waals surface area contributed by atoms with Crippen LogP contribution in [0.3, 0.4) is 0 Å². The number of aliphatic hydroxyl groups is 2. The molecule has 0 spiro atoms. The van der Waals surface area contributed by atoms with E-state index < -0.39 is 24.9 Å². The summed E-state index contributed by atoms with van der Waals surface area (Å²) in [7, 11) is 0. The molecule has 0 saturated carbocycles. The number of hydrogen-bond donors (Lipinski definition) is 2. The van der Waals surface area contributed by atoms with Gasteiger partial charge in [0.25, 0.3) is 0 Å². The predicted octanol–water partition coefficient (Wildman–Crippen LogP) is 23.5. The number of benzene rings is 8. The van der Waals surface area contributed by atoms with E-state index in [1.54, 1.807) is 12.1 Å². The number of hydrogen-bond acceptors (Lipinski definition) is 4. The molecule has 0 unspecified atom stereocenters. The van der Waals surface area contributed by atoms with Crippen LogP contribution in [0.25, 0.3) is 75.9 Å². The molecule has 4 aromatic heterocycles. The summed E-state index contributed by atoms with van der Waals surface area (Å²) < 4.78 is 46.7. The van der Waals surface area contributed by atoms with Crippen molar-refractivity contribution < 1.29 is 54.3 Å². The van der Waals surface area contributed by atoms with E-state index in [1.165, 1.54) is 69.2 Å². The van der Waals surface area contributed by atoms with Crippen LogP contribution in [0.1, 0.15) is 144 Å². The van der Waals surface area contributed by atoms with Crippen LogP contribution in [0, 0.1) is 25.5 Å². The molecule has 0 aliphatic carbocycles. The van der Waals surface area contributed by atoms with Gasteiger partial charge in [-0.05, 0) is 21.7 Å². The molecule has 12 heteroatoms. The van der Waals surface area contributed by atoms with Crippen molar-refractivity contribution in [1.29, 1.82) is 0 Å². The molecule has 12 aromatic rings. The molecule has 0 atom stereocenters. The van der Waals surface area contributed by atoms with Crippen LogP contribution < -0.4 is 0 Å². The minimum atomic E-state index is -3.25. The van der Waals surface area contributed by atoms with Crippen LogP contribution in [-0.4, -0.2) is 53.0 Å². The molecule has 0 amide bonds. The van der Waals surface area contributed by atoms with Crippen molar-refractivity contribution in [2.24, 2.45) is 0 Å². The zero-order valence-corrected chi connectivity index (χ0v) is 64.9.